The minimum absolute atomic E-state index is 0.147. The molecular formula is C14H12O3. The number of carbonyl (C=O) groups is 1. The number of rotatable bonds is 4. The second-order valence-electron chi connectivity index (χ2n) is 3.45. The number of ether oxygens (including phenoxy) is 1. The van der Waals surface area contributed by atoms with Crippen LogP contribution in [0.15, 0.2) is 53.2 Å². The van der Waals surface area contributed by atoms with Gasteiger partial charge >= 0.3 is 0 Å². The zero-order valence-electron chi connectivity index (χ0n) is 9.42. The van der Waals surface area contributed by atoms with Crippen LogP contribution in [0.2, 0.25) is 0 Å². The third kappa shape index (κ3) is 2.84. The van der Waals surface area contributed by atoms with Crippen molar-refractivity contribution in [3.05, 3.63) is 60.1 Å². The maximum atomic E-state index is 11.6. The van der Waals surface area contributed by atoms with Crippen LogP contribution in [-0.2, 0) is 0 Å². The van der Waals surface area contributed by atoms with Gasteiger partial charge in [-0.2, -0.15) is 0 Å². The fourth-order valence-corrected chi connectivity index (χ4v) is 1.39. The van der Waals surface area contributed by atoms with Crippen molar-refractivity contribution in [1.29, 1.82) is 0 Å². The first-order valence-electron chi connectivity index (χ1n) is 5.19. The smallest absolute Gasteiger partial charge is 0.221 e. The van der Waals surface area contributed by atoms with Crippen molar-refractivity contribution in [2.75, 3.05) is 7.11 Å². The first-order chi connectivity index (χ1) is 8.29. The van der Waals surface area contributed by atoms with Crippen LogP contribution in [0.5, 0.6) is 5.75 Å². The number of benzene rings is 1. The zero-order chi connectivity index (χ0) is 12.1. The molecule has 1 aromatic carbocycles. The van der Waals surface area contributed by atoms with Crippen LogP contribution in [-0.4, -0.2) is 12.9 Å². The lowest BCUT2D eigenvalue weighted by molar-refractivity contribution is 0.102. The third-order valence-electron chi connectivity index (χ3n) is 2.31. The van der Waals surface area contributed by atoms with E-state index in [9.17, 15) is 4.79 Å². The van der Waals surface area contributed by atoms with Gasteiger partial charge in [-0.25, -0.2) is 0 Å². The Hall–Kier alpha value is -2.29. The molecule has 0 aliphatic rings. The highest BCUT2D eigenvalue weighted by molar-refractivity contribution is 6.04. The molecular weight excluding hydrogens is 216 g/mol. The first kappa shape index (κ1) is 11.2. The van der Waals surface area contributed by atoms with Crippen LogP contribution < -0.4 is 4.74 Å². The summed E-state index contributed by atoms with van der Waals surface area (Å²) in [6, 6.07) is 10.8. The summed E-state index contributed by atoms with van der Waals surface area (Å²) in [7, 11) is 1.62. The molecule has 1 heterocycles. The van der Waals surface area contributed by atoms with E-state index in [4.69, 9.17) is 9.15 Å². The highest BCUT2D eigenvalue weighted by Gasteiger charge is 2.03. The molecule has 2 aromatic rings. The van der Waals surface area contributed by atoms with Gasteiger partial charge in [0.25, 0.3) is 0 Å². The first-order valence-corrected chi connectivity index (χ1v) is 5.19. The Morgan fingerprint density at radius 2 is 2.00 bits per heavy atom. The van der Waals surface area contributed by atoms with Crippen molar-refractivity contribution >= 4 is 11.9 Å². The Morgan fingerprint density at radius 1 is 1.24 bits per heavy atom. The van der Waals surface area contributed by atoms with Crippen molar-refractivity contribution in [3.63, 3.8) is 0 Å². The number of ketones is 1. The molecule has 3 nitrogen and oxygen atoms in total. The SMILES string of the molecule is COc1ccc(C=CC(=O)c2ccco2)cc1. The molecule has 2 rings (SSSR count). The zero-order valence-corrected chi connectivity index (χ0v) is 9.42. The van der Waals surface area contributed by atoms with Gasteiger partial charge in [0.05, 0.1) is 13.4 Å². The summed E-state index contributed by atoms with van der Waals surface area (Å²) in [5.74, 6) is 0.986. The number of furan rings is 1. The van der Waals surface area contributed by atoms with Crippen LogP contribution in [0, 0.1) is 0 Å². The Balaban J connectivity index is 2.07. The Morgan fingerprint density at radius 3 is 2.59 bits per heavy atom. The van der Waals surface area contributed by atoms with Gasteiger partial charge in [-0.15, -0.1) is 0 Å². The van der Waals surface area contributed by atoms with E-state index in [0.29, 0.717) is 5.76 Å². The summed E-state index contributed by atoms with van der Waals surface area (Å²) in [5.41, 5.74) is 0.936. The maximum Gasteiger partial charge on any atom is 0.221 e. The Labute approximate surface area is 99.3 Å². The number of hydrogen-bond donors (Lipinski definition) is 0. The van der Waals surface area contributed by atoms with Crippen molar-refractivity contribution in [3.8, 4) is 5.75 Å². The van der Waals surface area contributed by atoms with Gasteiger partial charge in [-0.1, -0.05) is 18.2 Å². The summed E-state index contributed by atoms with van der Waals surface area (Å²) >= 11 is 0. The summed E-state index contributed by atoms with van der Waals surface area (Å²) in [6.07, 6.45) is 4.71. The van der Waals surface area contributed by atoms with Crippen molar-refractivity contribution in [2.24, 2.45) is 0 Å². The lowest BCUT2D eigenvalue weighted by Crippen LogP contribution is -1.90. The van der Waals surface area contributed by atoms with E-state index in [1.807, 2.05) is 24.3 Å². The van der Waals surface area contributed by atoms with Crippen LogP contribution in [0.4, 0.5) is 0 Å². The van der Waals surface area contributed by atoms with E-state index in [2.05, 4.69) is 0 Å². The summed E-state index contributed by atoms with van der Waals surface area (Å²) in [4.78, 5) is 11.6. The number of methoxy groups -OCH3 is 1. The molecule has 0 radical (unpaired) electrons. The van der Waals surface area contributed by atoms with Crippen LogP contribution in [0.25, 0.3) is 6.08 Å². The number of allylic oxidation sites excluding steroid dienone is 1. The van der Waals surface area contributed by atoms with Crippen molar-refractivity contribution < 1.29 is 13.9 Å². The summed E-state index contributed by atoms with van der Waals surface area (Å²) in [5, 5.41) is 0. The van der Waals surface area contributed by atoms with Crippen LogP contribution >= 0.6 is 0 Å². The van der Waals surface area contributed by atoms with Gasteiger partial charge in [-0.05, 0) is 35.9 Å². The molecule has 0 unspecified atom stereocenters. The molecule has 0 saturated heterocycles. The maximum absolute atomic E-state index is 11.6. The molecule has 1 aromatic heterocycles. The van der Waals surface area contributed by atoms with E-state index >= 15 is 0 Å². The molecule has 17 heavy (non-hydrogen) atoms. The molecule has 0 aliphatic heterocycles. The molecule has 86 valence electrons. The molecule has 3 heteroatoms. The standard InChI is InChI=1S/C14H12O3/c1-16-12-7-4-11(5-8-12)6-9-13(15)14-3-2-10-17-14/h2-10H,1H3. The Bertz CT molecular complexity index is 507. The second kappa shape index (κ2) is 5.16. The van der Waals surface area contributed by atoms with E-state index in [1.54, 1.807) is 25.3 Å². The lowest BCUT2D eigenvalue weighted by atomic mass is 10.2. The number of hydrogen-bond acceptors (Lipinski definition) is 3. The summed E-state index contributed by atoms with van der Waals surface area (Å²) in [6.45, 7) is 0. The third-order valence-corrected chi connectivity index (χ3v) is 2.31. The highest BCUT2D eigenvalue weighted by Crippen LogP contribution is 2.12. The molecule has 0 atom stereocenters. The van der Waals surface area contributed by atoms with E-state index in [1.165, 1.54) is 12.3 Å². The van der Waals surface area contributed by atoms with E-state index in [0.717, 1.165) is 11.3 Å². The Kier molecular flexibility index (Phi) is 3.40. The van der Waals surface area contributed by atoms with Crippen LogP contribution in [0.3, 0.4) is 0 Å². The average Bonchev–Trinajstić information content (AvgIpc) is 2.90. The largest absolute Gasteiger partial charge is 0.497 e. The predicted octanol–water partition coefficient (Wildman–Crippen LogP) is 3.18. The van der Waals surface area contributed by atoms with Crippen molar-refractivity contribution in [1.82, 2.24) is 0 Å². The molecule has 0 spiro atoms. The fraction of sp³-hybridized carbons (Fsp3) is 0.0714. The van der Waals surface area contributed by atoms with Gasteiger partial charge in [0.15, 0.2) is 5.76 Å². The highest BCUT2D eigenvalue weighted by atomic mass is 16.5. The minimum Gasteiger partial charge on any atom is -0.497 e. The fourth-order valence-electron chi connectivity index (χ4n) is 1.39. The van der Waals surface area contributed by atoms with Gasteiger partial charge < -0.3 is 9.15 Å². The molecule has 0 amide bonds. The molecule has 0 aliphatic carbocycles. The molecule has 0 N–H and O–H groups in total. The average molecular weight is 228 g/mol. The lowest BCUT2D eigenvalue weighted by Gasteiger charge is -1.98. The molecule has 0 bridgehead atoms. The topological polar surface area (TPSA) is 39.4 Å². The second-order valence-corrected chi connectivity index (χ2v) is 3.45. The van der Waals surface area contributed by atoms with Gasteiger partial charge in [0.2, 0.25) is 5.78 Å². The van der Waals surface area contributed by atoms with E-state index in [-0.39, 0.29) is 5.78 Å². The van der Waals surface area contributed by atoms with Gasteiger partial charge in [-0.3, -0.25) is 4.79 Å². The number of carbonyl (C=O) groups excluding carboxylic acids is 1. The molecule has 0 saturated carbocycles. The quantitative estimate of drug-likeness (QED) is 0.596. The normalized spacial score (nSPS) is 10.6. The van der Waals surface area contributed by atoms with Gasteiger partial charge in [0, 0.05) is 0 Å². The van der Waals surface area contributed by atoms with Gasteiger partial charge in [0.1, 0.15) is 5.75 Å². The predicted molar refractivity (Wildman–Crippen MR) is 65.1 cm³/mol. The molecule has 0 fully saturated rings. The monoisotopic (exact) mass is 228 g/mol. The van der Waals surface area contributed by atoms with Crippen molar-refractivity contribution in [2.45, 2.75) is 0 Å². The summed E-state index contributed by atoms with van der Waals surface area (Å²) < 4.78 is 10.0. The van der Waals surface area contributed by atoms with E-state index < -0.39 is 0 Å². The minimum atomic E-state index is -0.147. The van der Waals surface area contributed by atoms with Crippen LogP contribution in [0.1, 0.15) is 16.1 Å².